The summed E-state index contributed by atoms with van der Waals surface area (Å²) in [5.41, 5.74) is 1.93. The first-order chi connectivity index (χ1) is 14.0. The first-order valence-corrected chi connectivity index (χ1v) is 9.74. The van der Waals surface area contributed by atoms with Crippen molar-refractivity contribution in [3.63, 3.8) is 0 Å². The summed E-state index contributed by atoms with van der Waals surface area (Å²) in [4.78, 5) is 29.6. The molecule has 1 saturated heterocycles. The quantitative estimate of drug-likeness (QED) is 0.691. The molecule has 8 nitrogen and oxygen atoms in total. The second kappa shape index (κ2) is 8.08. The van der Waals surface area contributed by atoms with Gasteiger partial charge in [-0.1, -0.05) is 0 Å². The maximum atomic E-state index is 12.7. The number of nitrogens with one attached hydrogen (secondary N) is 1. The Bertz CT molecular complexity index is 1100. The van der Waals surface area contributed by atoms with E-state index in [0.717, 1.165) is 37.4 Å². The van der Waals surface area contributed by atoms with E-state index >= 15 is 0 Å². The molecule has 1 unspecified atom stereocenters. The van der Waals surface area contributed by atoms with Crippen LogP contribution in [0.3, 0.4) is 0 Å². The molecule has 1 N–H and O–H groups in total. The molecule has 3 aromatic heterocycles. The monoisotopic (exact) mass is 396 g/mol. The summed E-state index contributed by atoms with van der Waals surface area (Å²) in [6, 6.07) is 4.98. The number of aryl methyl sites for hydroxylation is 1. The number of fused-ring (bicyclic) bond motifs is 1. The van der Waals surface area contributed by atoms with E-state index in [2.05, 4.69) is 10.3 Å². The van der Waals surface area contributed by atoms with Crippen molar-refractivity contribution >= 4 is 17.2 Å². The summed E-state index contributed by atoms with van der Waals surface area (Å²) in [7, 11) is 1.61. The van der Waals surface area contributed by atoms with Gasteiger partial charge in [-0.3, -0.25) is 9.59 Å². The van der Waals surface area contributed by atoms with E-state index in [0.29, 0.717) is 24.0 Å². The summed E-state index contributed by atoms with van der Waals surface area (Å²) in [5.74, 6) is 0.525. The van der Waals surface area contributed by atoms with E-state index in [1.165, 1.54) is 10.6 Å². The Balaban J connectivity index is 1.64. The predicted octanol–water partition coefficient (Wildman–Crippen LogP) is 2.26. The Kier molecular flexibility index (Phi) is 5.35. The summed E-state index contributed by atoms with van der Waals surface area (Å²) in [6.45, 7) is 3.89. The van der Waals surface area contributed by atoms with E-state index < -0.39 is 5.91 Å². The van der Waals surface area contributed by atoms with Crippen molar-refractivity contribution < 1.29 is 14.3 Å². The molecule has 4 rings (SSSR count). The Morgan fingerprint density at radius 2 is 2.28 bits per heavy atom. The van der Waals surface area contributed by atoms with Gasteiger partial charge in [0.1, 0.15) is 22.6 Å². The molecule has 0 spiro atoms. The van der Waals surface area contributed by atoms with Gasteiger partial charge in [0.2, 0.25) is 0 Å². The highest BCUT2D eigenvalue weighted by molar-refractivity contribution is 6.04. The summed E-state index contributed by atoms with van der Waals surface area (Å²) in [6.07, 6.45) is 7.24. The van der Waals surface area contributed by atoms with Gasteiger partial charge in [-0.2, -0.15) is 0 Å². The highest BCUT2D eigenvalue weighted by Crippen LogP contribution is 2.28. The van der Waals surface area contributed by atoms with Crippen molar-refractivity contribution in [3.05, 3.63) is 58.4 Å². The molecule has 1 aliphatic heterocycles. The Morgan fingerprint density at radius 1 is 1.41 bits per heavy atom. The number of carbonyl (C=O) groups is 1. The van der Waals surface area contributed by atoms with Gasteiger partial charge < -0.3 is 23.8 Å². The van der Waals surface area contributed by atoms with E-state index in [-0.39, 0.29) is 11.1 Å². The van der Waals surface area contributed by atoms with Crippen molar-refractivity contribution in [2.24, 2.45) is 13.0 Å². The molecule has 0 radical (unpaired) electrons. The van der Waals surface area contributed by atoms with Crippen LogP contribution in [0.2, 0.25) is 0 Å². The van der Waals surface area contributed by atoms with E-state index in [4.69, 9.17) is 9.47 Å². The molecule has 29 heavy (non-hydrogen) atoms. The number of carbonyl (C=O) groups excluding carboxylic acids is 1. The smallest absolute Gasteiger partial charge is 0.263 e. The SMILES string of the molecule is CCOc1cc2nc(CC3CCOC3)cn2cc1NC(=O)c1cccn(C)c1=O. The minimum atomic E-state index is -0.477. The van der Waals surface area contributed by atoms with E-state index in [1.54, 1.807) is 31.6 Å². The van der Waals surface area contributed by atoms with Crippen LogP contribution < -0.4 is 15.6 Å². The molecular formula is C21H24N4O4. The highest BCUT2D eigenvalue weighted by atomic mass is 16.5. The summed E-state index contributed by atoms with van der Waals surface area (Å²) >= 11 is 0. The lowest BCUT2D eigenvalue weighted by Crippen LogP contribution is -2.27. The second-order valence-electron chi connectivity index (χ2n) is 7.21. The number of anilines is 1. The molecule has 1 amide bonds. The van der Waals surface area contributed by atoms with Gasteiger partial charge in [-0.15, -0.1) is 0 Å². The van der Waals surface area contributed by atoms with E-state index in [9.17, 15) is 9.59 Å². The number of amides is 1. The molecule has 152 valence electrons. The third-order valence-electron chi connectivity index (χ3n) is 5.04. The molecule has 0 bridgehead atoms. The molecule has 1 aliphatic rings. The van der Waals surface area contributed by atoms with Gasteiger partial charge in [0.05, 0.1) is 12.3 Å². The largest absolute Gasteiger partial charge is 0.491 e. The summed E-state index contributed by atoms with van der Waals surface area (Å²) < 4.78 is 14.4. The highest BCUT2D eigenvalue weighted by Gasteiger charge is 2.19. The first kappa shape index (κ1) is 19.2. The standard InChI is InChI=1S/C21H24N4O4/c1-3-29-18-10-19-22-15(9-14-6-8-28-13-14)11-25(19)12-17(18)23-20(26)16-5-4-7-24(2)21(16)27/h4-5,7,10-12,14H,3,6,8-9,13H2,1-2H3,(H,23,26). The normalized spacial score (nSPS) is 16.3. The van der Waals surface area contributed by atoms with Crippen LogP contribution in [0.15, 0.2) is 41.6 Å². The van der Waals surface area contributed by atoms with Crippen molar-refractivity contribution in [2.45, 2.75) is 19.8 Å². The molecule has 4 heterocycles. The van der Waals surface area contributed by atoms with Gasteiger partial charge in [0.25, 0.3) is 11.5 Å². The number of rotatable bonds is 6. The van der Waals surface area contributed by atoms with Crippen molar-refractivity contribution in [1.82, 2.24) is 14.0 Å². The zero-order valence-electron chi connectivity index (χ0n) is 16.6. The molecule has 3 aromatic rings. The molecule has 1 atom stereocenters. The molecule has 0 aliphatic carbocycles. The molecule has 0 aromatic carbocycles. The van der Waals surface area contributed by atoms with Crippen LogP contribution in [0.25, 0.3) is 5.65 Å². The zero-order valence-corrected chi connectivity index (χ0v) is 16.6. The predicted molar refractivity (Wildman–Crippen MR) is 109 cm³/mol. The first-order valence-electron chi connectivity index (χ1n) is 9.74. The lowest BCUT2D eigenvalue weighted by atomic mass is 10.0. The third kappa shape index (κ3) is 4.02. The number of hydrogen-bond acceptors (Lipinski definition) is 5. The molecular weight excluding hydrogens is 372 g/mol. The lowest BCUT2D eigenvalue weighted by molar-refractivity contribution is 0.102. The Hall–Kier alpha value is -3.13. The fourth-order valence-corrected chi connectivity index (χ4v) is 3.54. The Labute approximate surface area is 168 Å². The van der Waals surface area contributed by atoms with E-state index in [1.807, 2.05) is 17.5 Å². The third-order valence-corrected chi connectivity index (χ3v) is 5.04. The molecule has 8 heteroatoms. The van der Waals surface area contributed by atoms with Crippen molar-refractivity contribution in [3.8, 4) is 5.75 Å². The van der Waals surface area contributed by atoms with Crippen LogP contribution in [0.1, 0.15) is 29.4 Å². The van der Waals surface area contributed by atoms with Crippen LogP contribution in [-0.4, -0.2) is 39.7 Å². The average Bonchev–Trinajstić information content (AvgIpc) is 3.33. The van der Waals surface area contributed by atoms with Crippen molar-refractivity contribution in [2.75, 3.05) is 25.1 Å². The number of aromatic nitrogens is 3. The lowest BCUT2D eigenvalue weighted by Gasteiger charge is -2.12. The maximum absolute atomic E-state index is 12.7. The number of nitrogens with zero attached hydrogens (tertiary/aromatic N) is 3. The second-order valence-corrected chi connectivity index (χ2v) is 7.21. The van der Waals surface area contributed by atoms with Crippen molar-refractivity contribution in [1.29, 1.82) is 0 Å². The molecule has 0 saturated carbocycles. The van der Waals surface area contributed by atoms with Gasteiger partial charge >= 0.3 is 0 Å². The zero-order chi connectivity index (χ0) is 20.4. The van der Waals surface area contributed by atoms with Gasteiger partial charge in [-0.25, -0.2) is 4.98 Å². The summed E-state index contributed by atoms with van der Waals surface area (Å²) in [5, 5.41) is 2.81. The minimum absolute atomic E-state index is 0.0742. The van der Waals surface area contributed by atoms with Crippen LogP contribution in [0.4, 0.5) is 5.69 Å². The van der Waals surface area contributed by atoms with Gasteiger partial charge in [0, 0.05) is 44.9 Å². The fraction of sp³-hybridized carbons (Fsp3) is 0.381. The number of ether oxygens (including phenoxy) is 2. The van der Waals surface area contributed by atoms with Crippen LogP contribution in [-0.2, 0) is 18.2 Å². The number of imidazole rings is 1. The van der Waals surface area contributed by atoms with Gasteiger partial charge in [0.15, 0.2) is 0 Å². The molecule has 1 fully saturated rings. The number of hydrogen-bond donors (Lipinski definition) is 1. The minimum Gasteiger partial charge on any atom is -0.491 e. The van der Waals surface area contributed by atoms with Crippen LogP contribution >= 0.6 is 0 Å². The van der Waals surface area contributed by atoms with Crippen LogP contribution in [0.5, 0.6) is 5.75 Å². The maximum Gasteiger partial charge on any atom is 0.263 e. The van der Waals surface area contributed by atoms with Crippen LogP contribution in [0, 0.1) is 5.92 Å². The average molecular weight is 396 g/mol. The Morgan fingerprint density at radius 3 is 3.03 bits per heavy atom. The topological polar surface area (TPSA) is 86.9 Å². The fourth-order valence-electron chi connectivity index (χ4n) is 3.54. The van der Waals surface area contributed by atoms with Gasteiger partial charge in [-0.05, 0) is 37.8 Å². The number of pyridine rings is 2.